The van der Waals surface area contributed by atoms with Gasteiger partial charge >= 0.3 is 12.0 Å². The van der Waals surface area contributed by atoms with Gasteiger partial charge in [0.2, 0.25) is 0 Å². The molecule has 1 aromatic rings. The average molecular weight is 295 g/mol. The van der Waals surface area contributed by atoms with Gasteiger partial charge in [0, 0.05) is 32.8 Å². The van der Waals surface area contributed by atoms with Gasteiger partial charge in [-0.2, -0.15) is 0 Å². The fraction of sp³-hybridized carbons (Fsp3) is 0.667. The smallest absolute Gasteiger partial charge is 0.358 e. The van der Waals surface area contributed by atoms with Crippen LogP contribution < -0.4 is 0 Å². The summed E-state index contributed by atoms with van der Waals surface area (Å²) in [6.07, 6.45) is 2.25. The van der Waals surface area contributed by atoms with Crippen molar-refractivity contribution in [1.29, 1.82) is 0 Å². The highest BCUT2D eigenvalue weighted by molar-refractivity contribution is 5.84. The van der Waals surface area contributed by atoms with E-state index in [2.05, 4.69) is 10.3 Å². The normalized spacial score (nSPS) is 20.0. The van der Waals surface area contributed by atoms with Crippen LogP contribution in [0.5, 0.6) is 0 Å². The molecule has 21 heavy (non-hydrogen) atoms. The van der Waals surface area contributed by atoms with Gasteiger partial charge in [0.15, 0.2) is 5.69 Å². The minimum Gasteiger partial charge on any atom is -0.476 e. The third kappa shape index (κ3) is 2.82. The van der Waals surface area contributed by atoms with Gasteiger partial charge in [-0.1, -0.05) is 5.21 Å². The van der Waals surface area contributed by atoms with Crippen LogP contribution in [0, 0.1) is 0 Å². The molecule has 9 nitrogen and oxygen atoms in total. The standard InChI is InChI=1S/C12H17N5O4/c18-11(19)10-8-17(14-13-10)9-6-16(7-9)12(20)15-2-1-4-21-5-3-15/h8-9H,1-7H2,(H,18,19). The maximum atomic E-state index is 12.3. The fourth-order valence-corrected chi connectivity index (χ4v) is 2.47. The molecule has 2 fully saturated rings. The number of amides is 2. The lowest BCUT2D eigenvalue weighted by Crippen LogP contribution is -2.55. The minimum absolute atomic E-state index is 0.00206. The van der Waals surface area contributed by atoms with Gasteiger partial charge in [0.25, 0.3) is 0 Å². The summed E-state index contributed by atoms with van der Waals surface area (Å²) < 4.78 is 6.84. The largest absolute Gasteiger partial charge is 0.476 e. The third-order valence-electron chi connectivity index (χ3n) is 3.73. The Balaban J connectivity index is 1.54. The average Bonchev–Trinajstić information content (AvgIpc) is 2.72. The van der Waals surface area contributed by atoms with Crippen LogP contribution in [0.1, 0.15) is 23.0 Å². The van der Waals surface area contributed by atoms with Crippen LogP contribution in [0.4, 0.5) is 4.79 Å². The summed E-state index contributed by atoms with van der Waals surface area (Å²) in [5, 5.41) is 16.2. The first-order valence-corrected chi connectivity index (χ1v) is 6.92. The monoisotopic (exact) mass is 295 g/mol. The van der Waals surface area contributed by atoms with E-state index < -0.39 is 5.97 Å². The molecule has 2 amide bonds. The molecule has 0 saturated carbocycles. The number of carboxylic acids is 1. The number of carbonyl (C=O) groups is 2. The highest BCUT2D eigenvalue weighted by Crippen LogP contribution is 2.22. The first-order chi connectivity index (χ1) is 10.1. The highest BCUT2D eigenvalue weighted by Gasteiger charge is 2.35. The number of aromatic carboxylic acids is 1. The summed E-state index contributed by atoms with van der Waals surface area (Å²) in [6, 6.07) is 0.00750. The van der Waals surface area contributed by atoms with Crippen molar-refractivity contribution in [3.63, 3.8) is 0 Å². The molecule has 0 bridgehead atoms. The molecule has 0 aromatic carbocycles. The highest BCUT2D eigenvalue weighted by atomic mass is 16.5. The molecule has 1 N–H and O–H groups in total. The zero-order valence-corrected chi connectivity index (χ0v) is 11.5. The number of carbonyl (C=O) groups excluding carboxylic acids is 1. The quantitative estimate of drug-likeness (QED) is 0.802. The number of nitrogens with zero attached hydrogens (tertiary/aromatic N) is 5. The summed E-state index contributed by atoms with van der Waals surface area (Å²) in [5.74, 6) is -1.10. The summed E-state index contributed by atoms with van der Waals surface area (Å²) in [4.78, 5) is 26.6. The number of carboxylic acid groups (broad SMARTS) is 1. The summed E-state index contributed by atoms with van der Waals surface area (Å²) in [7, 11) is 0. The molecule has 0 aliphatic carbocycles. The summed E-state index contributed by atoms with van der Waals surface area (Å²) in [5.41, 5.74) is -0.0792. The topological polar surface area (TPSA) is 101 Å². The molecule has 2 aliphatic heterocycles. The van der Waals surface area contributed by atoms with Gasteiger partial charge in [-0.3, -0.25) is 0 Å². The Morgan fingerprint density at radius 1 is 1.24 bits per heavy atom. The van der Waals surface area contributed by atoms with Crippen molar-refractivity contribution < 1.29 is 19.4 Å². The fourth-order valence-electron chi connectivity index (χ4n) is 2.47. The zero-order chi connectivity index (χ0) is 14.8. The number of urea groups is 1. The van der Waals surface area contributed by atoms with Gasteiger partial charge in [-0.05, 0) is 6.42 Å². The molecule has 1 aromatic heterocycles. The van der Waals surface area contributed by atoms with Gasteiger partial charge in [0.05, 0.1) is 18.8 Å². The minimum atomic E-state index is -1.10. The Labute approximate surface area is 121 Å². The molecule has 0 atom stereocenters. The second-order valence-corrected chi connectivity index (χ2v) is 5.18. The first-order valence-electron chi connectivity index (χ1n) is 6.92. The van der Waals surface area contributed by atoms with E-state index in [1.165, 1.54) is 10.9 Å². The number of likely N-dealkylation sites (tertiary alicyclic amines) is 1. The van der Waals surface area contributed by atoms with Crippen LogP contribution in [0.3, 0.4) is 0 Å². The van der Waals surface area contributed by atoms with Crippen molar-refractivity contribution >= 4 is 12.0 Å². The van der Waals surface area contributed by atoms with Crippen LogP contribution in [-0.2, 0) is 4.74 Å². The van der Waals surface area contributed by atoms with Gasteiger partial charge in [-0.25, -0.2) is 14.3 Å². The van der Waals surface area contributed by atoms with Crippen LogP contribution in [0.25, 0.3) is 0 Å². The SMILES string of the molecule is O=C(O)c1cn(C2CN(C(=O)N3CCCOCC3)C2)nn1. The molecule has 0 unspecified atom stereocenters. The number of ether oxygens (including phenoxy) is 1. The van der Waals surface area contributed by atoms with Gasteiger partial charge in [-0.15, -0.1) is 5.10 Å². The Kier molecular flexibility index (Phi) is 3.74. The van der Waals surface area contributed by atoms with E-state index in [0.29, 0.717) is 39.4 Å². The van der Waals surface area contributed by atoms with Crippen molar-refractivity contribution in [2.24, 2.45) is 0 Å². The van der Waals surface area contributed by atoms with Gasteiger partial charge in [0.1, 0.15) is 0 Å². The summed E-state index contributed by atoms with van der Waals surface area (Å²) in [6.45, 7) is 3.66. The predicted octanol–water partition coefficient (Wildman–Crippen LogP) is -0.325. The molecule has 2 aliphatic rings. The van der Waals surface area contributed by atoms with Crippen molar-refractivity contribution in [3.05, 3.63) is 11.9 Å². The number of rotatable bonds is 2. The lowest BCUT2D eigenvalue weighted by Gasteiger charge is -2.41. The van der Waals surface area contributed by atoms with E-state index in [1.807, 2.05) is 0 Å². The molecule has 9 heteroatoms. The summed E-state index contributed by atoms with van der Waals surface area (Å²) >= 11 is 0. The molecule has 0 radical (unpaired) electrons. The van der Waals surface area contributed by atoms with Gasteiger partial charge < -0.3 is 19.6 Å². The maximum Gasteiger partial charge on any atom is 0.358 e. The van der Waals surface area contributed by atoms with E-state index in [0.717, 1.165) is 6.42 Å². The Hall–Kier alpha value is -2.16. The Morgan fingerprint density at radius 3 is 2.76 bits per heavy atom. The second kappa shape index (κ2) is 5.68. The lowest BCUT2D eigenvalue weighted by atomic mass is 10.1. The van der Waals surface area contributed by atoms with Crippen LogP contribution in [-0.4, -0.2) is 81.3 Å². The van der Waals surface area contributed by atoms with E-state index in [9.17, 15) is 9.59 Å². The molecular weight excluding hydrogens is 278 g/mol. The number of aromatic nitrogens is 3. The Bertz CT molecular complexity index is 532. The lowest BCUT2D eigenvalue weighted by molar-refractivity contribution is 0.0689. The molecule has 2 saturated heterocycles. The van der Waals surface area contributed by atoms with E-state index in [1.54, 1.807) is 9.80 Å². The van der Waals surface area contributed by atoms with E-state index >= 15 is 0 Å². The predicted molar refractivity (Wildman–Crippen MR) is 70.0 cm³/mol. The molecule has 114 valence electrons. The molecular formula is C12H17N5O4. The van der Waals surface area contributed by atoms with E-state index in [4.69, 9.17) is 9.84 Å². The van der Waals surface area contributed by atoms with Crippen LogP contribution in [0.15, 0.2) is 6.20 Å². The molecule has 0 spiro atoms. The number of hydrogen-bond acceptors (Lipinski definition) is 5. The first kappa shape index (κ1) is 13.8. The van der Waals surface area contributed by atoms with Crippen molar-refractivity contribution in [2.75, 3.05) is 39.4 Å². The van der Waals surface area contributed by atoms with Crippen molar-refractivity contribution in [3.8, 4) is 0 Å². The third-order valence-corrected chi connectivity index (χ3v) is 3.73. The van der Waals surface area contributed by atoms with Crippen LogP contribution in [0.2, 0.25) is 0 Å². The van der Waals surface area contributed by atoms with E-state index in [-0.39, 0.29) is 17.8 Å². The molecule has 3 rings (SSSR count). The molecule has 3 heterocycles. The number of hydrogen-bond donors (Lipinski definition) is 1. The second-order valence-electron chi connectivity index (χ2n) is 5.18. The Morgan fingerprint density at radius 2 is 2.05 bits per heavy atom. The zero-order valence-electron chi connectivity index (χ0n) is 11.5. The van der Waals surface area contributed by atoms with Crippen molar-refractivity contribution in [1.82, 2.24) is 24.8 Å². The van der Waals surface area contributed by atoms with Crippen molar-refractivity contribution in [2.45, 2.75) is 12.5 Å². The maximum absolute atomic E-state index is 12.3. The van der Waals surface area contributed by atoms with Crippen LogP contribution >= 0.6 is 0 Å².